The molecule has 3 rings (SSSR count). The van der Waals surface area contributed by atoms with Gasteiger partial charge in [0, 0.05) is 19.4 Å². The van der Waals surface area contributed by atoms with Gasteiger partial charge in [-0.15, -0.1) is 0 Å². The molecule has 1 aliphatic rings. The van der Waals surface area contributed by atoms with Gasteiger partial charge in [0.05, 0.1) is 13.2 Å². The van der Waals surface area contributed by atoms with E-state index in [1.165, 1.54) is 0 Å². The molecule has 2 aromatic rings. The van der Waals surface area contributed by atoms with Crippen LogP contribution in [0.4, 0.5) is 0 Å². The quantitative estimate of drug-likeness (QED) is 0.854. The first-order valence-corrected chi connectivity index (χ1v) is 9.40. The third-order valence-electron chi connectivity index (χ3n) is 5.00. The van der Waals surface area contributed by atoms with Crippen molar-refractivity contribution in [1.82, 2.24) is 4.90 Å². The van der Waals surface area contributed by atoms with Crippen molar-refractivity contribution in [1.29, 1.82) is 0 Å². The third kappa shape index (κ3) is 4.37. The van der Waals surface area contributed by atoms with Crippen molar-refractivity contribution in [2.45, 2.75) is 31.8 Å². The molecule has 5 nitrogen and oxygen atoms in total. The van der Waals surface area contributed by atoms with Gasteiger partial charge >= 0.3 is 0 Å². The highest BCUT2D eigenvalue weighted by atomic mass is 16.5. The van der Waals surface area contributed by atoms with E-state index in [1.807, 2.05) is 49.4 Å². The number of nitrogens with zero attached hydrogens (tertiary/aromatic N) is 1. The summed E-state index contributed by atoms with van der Waals surface area (Å²) in [5.41, 5.74) is 7.74. The summed E-state index contributed by atoms with van der Waals surface area (Å²) in [7, 11) is 0. The number of hydrogen-bond acceptors (Lipinski definition) is 3. The highest BCUT2D eigenvalue weighted by Gasteiger charge is 2.43. The maximum absolute atomic E-state index is 12.3. The summed E-state index contributed by atoms with van der Waals surface area (Å²) in [6, 6.07) is 18.1. The molecule has 0 spiro atoms. The average Bonchev–Trinajstić information content (AvgIpc) is 2.69. The lowest BCUT2D eigenvalue weighted by atomic mass is 9.90. The molecule has 5 heteroatoms. The molecule has 142 valence electrons. The van der Waals surface area contributed by atoms with Gasteiger partial charge in [-0.1, -0.05) is 61.5 Å². The maximum atomic E-state index is 12.3. The van der Waals surface area contributed by atoms with Crippen molar-refractivity contribution in [3.05, 3.63) is 60.2 Å². The van der Waals surface area contributed by atoms with E-state index in [4.69, 9.17) is 10.5 Å². The first-order valence-electron chi connectivity index (χ1n) is 9.40. The smallest absolute Gasteiger partial charge is 0.251 e. The third-order valence-corrected chi connectivity index (χ3v) is 5.00. The fourth-order valence-electron chi connectivity index (χ4n) is 3.49. The summed E-state index contributed by atoms with van der Waals surface area (Å²) in [6.45, 7) is 3.00. The van der Waals surface area contributed by atoms with E-state index in [2.05, 4.69) is 12.1 Å². The minimum atomic E-state index is -1.17. The number of rotatable bonds is 6. The molecule has 1 heterocycles. The summed E-state index contributed by atoms with van der Waals surface area (Å²) < 4.78 is 5.84. The molecule has 1 saturated heterocycles. The molecule has 0 aliphatic carbocycles. The monoisotopic (exact) mass is 366 g/mol. The van der Waals surface area contributed by atoms with E-state index in [-0.39, 0.29) is 12.5 Å². The van der Waals surface area contributed by atoms with Crippen LogP contribution in [0.15, 0.2) is 54.6 Å². The molecule has 0 unspecified atom stereocenters. The minimum absolute atomic E-state index is 0.0471. The molecule has 27 heavy (non-hydrogen) atoms. The molecule has 0 radical (unpaired) electrons. The molecule has 1 atom stereocenters. The lowest BCUT2D eigenvalue weighted by Gasteiger charge is -2.40. The lowest BCUT2D eigenvalue weighted by molar-refractivity contribution is -0.163. The zero-order chi connectivity index (χ0) is 19.3. The van der Waals surface area contributed by atoms with Crippen molar-refractivity contribution in [3.8, 4) is 11.1 Å². The Morgan fingerprint density at radius 1 is 1.07 bits per heavy atom. The Bertz CT molecular complexity index is 789. The number of ether oxygens (including phenoxy) is 1. The average molecular weight is 366 g/mol. The van der Waals surface area contributed by atoms with Crippen LogP contribution < -0.4 is 5.73 Å². The standard InChI is InChI=1S/C22H26N2O3/c1-2-6-20(25)24-13-14-27-22(16-24,21(23)26)15-17-9-11-19(12-10-17)18-7-4-3-5-8-18/h3-5,7-12H,2,6,13-16H2,1H3,(H2,23,26)/t22-/m1/s1. The Morgan fingerprint density at radius 2 is 1.74 bits per heavy atom. The van der Waals surface area contributed by atoms with Crippen LogP contribution in [-0.2, 0) is 20.7 Å². The van der Waals surface area contributed by atoms with Crippen molar-refractivity contribution < 1.29 is 14.3 Å². The molecule has 0 bridgehead atoms. The second kappa shape index (κ2) is 8.35. The molecule has 2 amide bonds. The normalized spacial score (nSPS) is 19.7. The van der Waals surface area contributed by atoms with Crippen LogP contribution in [0.25, 0.3) is 11.1 Å². The number of amides is 2. The number of benzene rings is 2. The van der Waals surface area contributed by atoms with E-state index in [1.54, 1.807) is 4.90 Å². The van der Waals surface area contributed by atoms with Gasteiger partial charge in [-0.25, -0.2) is 0 Å². The molecular formula is C22H26N2O3. The Labute approximate surface area is 160 Å². The fourth-order valence-corrected chi connectivity index (χ4v) is 3.49. The predicted octanol–water partition coefficient (Wildman–Crippen LogP) is 2.78. The molecular weight excluding hydrogens is 340 g/mol. The first kappa shape index (κ1) is 19.1. The van der Waals surface area contributed by atoms with Crippen molar-refractivity contribution in [3.63, 3.8) is 0 Å². The number of carbonyl (C=O) groups is 2. The Hall–Kier alpha value is -2.66. The highest BCUT2D eigenvalue weighted by Crippen LogP contribution is 2.26. The summed E-state index contributed by atoms with van der Waals surface area (Å²) >= 11 is 0. The summed E-state index contributed by atoms with van der Waals surface area (Å²) in [4.78, 5) is 26.2. The van der Waals surface area contributed by atoms with Gasteiger partial charge in [0.2, 0.25) is 5.91 Å². The second-order valence-electron chi connectivity index (χ2n) is 7.01. The Kier molecular flexibility index (Phi) is 5.91. The molecule has 0 saturated carbocycles. The number of hydrogen-bond donors (Lipinski definition) is 1. The zero-order valence-electron chi connectivity index (χ0n) is 15.7. The topological polar surface area (TPSA) is 72.6 Å². The largest absolute Gasteiger partial charge is 0.367 e. The van der Waals surface area contributed by atoms with Crippen LogP contribution in [0.5, 0.6) is 0 Å². The van der Waals surface area contributed by atoms with Gasteiger partial charge in [-0.05, 0) is 23.1 Å². The van der Waals surface area contributed by atoms with Crippen LogP contribution in [-0.4, -0.2) is 42.0 Å². The van der Waals surface area contributed by atoms with Gasteiger partial charge in [0.1, 0.15) is 0 Å². The summed E-state index contributed by atoms with van der Waals surface area (Å²) in [6.07, 6.45) is 1.61. The highest BCUT2D eigenvalue weighted by molar-refractivity contribution is 5.86. The van der Waals surface area contributed by atoms with Crippen LogP contribution in [0, 0.1) is 0 Å². The Morgan fingerprint density at radius 3 is 2.37 bits per heavy atom. The van der Waals surface area contributed by atoms with Crippen molar-refractivity contribution in [2.24, 2.45) is 5.73 Å². The number of primary amides is 1. The lowest BCUT2D eigenvalue weighted by Crippen LogP contribution is -2.61. The number of morpholine rings is 1. The maximum Gasteiger partial charge on any atom is 0.251 e. The van der Waals surface area contributed by atoms with Gasteiger partial charge in [-0.3, -0.25) is 9.59 Å². The number of nitrogens with two attached hydrogens (primary N) is 1. The van der Waals surface area contributed by atoms with Gasteiger partial charge < -0.3 is 15.4 Å². The fraction of sp³-hybridized carbons (Fsp3) is 0.364. The number of carbonyl (C=O) groups excluding carboxylic acids is 2. The molecule has 0 aromatic heterocycles. The van der Waals surface area contributed by atoms with E-state index in [0.29, 0.717) is 26.0 Å². The van der Waals surface area contributed by atoms with Crippen LogP contribution >= 0.6 is 0 Å². The first-order chi connectivity index (χ1) is 13.0. The SMILES string of the molecule is CCCC(=O)N1CCO[C@@](Cc2ccc(-c3ccccc3)cc2)(C(N)=O)C1. The second-order valence-corrected chi connectivity index (χ2v) is 7.01. The zero-order valence-corrected chi connectivity index (χ0v) is 15.7. The van der Waals surface area contributed by atoms with E-state index in [0.717, 1.165) is 23.1 Å². The molecule has 1 fully saturated rings. The van der Waals surface area contributed by atoms with E-state index in [9.17, 15) is 9.59 Å². The van der Waals surface area contributed by atoms with Crippen LogP contribution in [0.3, 0.4) is 0 Å². The molecule has 2 aromatic carbocycles. The van der Waals surface area contributed by atoms with E-state index >= 15 is 0 Å². The van der Waals surface area contributed by atoms with E-state index < -0.39 is 11.5 Å². The van der Waals surface area contributed by atoms with Crippen molar-refractivity contribution in [2.75, 3.05) is 19.7 Å². The minimum Gasteiger partial charge on any atom is -0.367 e. The molecule has 2 N–H and O–H groups in total. The Balaban J connectivity index is 1.78. The van der Waals surface area contributed by atoms with Gasteiger partial charge in [0.15, 0.2) is 5.60 Å². The van der Waals surface area contributed by atoms with Crippen LogP contribution in [0.1, 0.15) is 25.3 Å². The van der Waals surface area contributed by atoms with Crippen molar-refractivity contribution >= 4 is 11.8 Å². The van der Waals surface area contributed by atoms with Crippen LogP contribution in [0.2, 0.25) is 0 Å². The van der Waals surface area contributed by atoms with Gasteiger partial charge in [0.25, 0.3) is 5.91 Å². The molecule has 1 aliphatic heterocycles. The predicted molar refractivity (Wildman–Crippen MR) is 105 cm³/mol. The summed E-state index contributed by atoms with van der Waals surface area (Å²) in [5.74, 6) is -0.477. The van der Waals surface area contributed by atoms with Gasteiger partial charge in [-0.2, -0.15) is 0 Å². The summed E-state index contributed by atoms with van der Waals surface area (Å²) in [5, 5.41) is 0.